The Morgan fingerprint density at radius 3 is 2.63 bits per heavy atom. The van der Waals surface area contributed by atoms with Crippen molar-refractivity contribution >= 4 is 12.0 Å². The molecule has 2 bridgehead atoms. The van der Waals surface area contributed by atoms with Crippen LogP contribution in [0.2, 0.25) is 0 Å². The molecule has 2 aliphatic heterocycles. The predicted molar refractivity (Wildman–Crippen MR) is 69.7 cm³/mol. The van der Waals surface area contributed by atoms with Gasteiger partial charge in [0.2, 0.25) is 0 Å². The molecule has 2 amide bonds. The van der Waals surface area contributed by atoms with Gasteiger partial charge in [0.1, 0.15) is 0 Å². The molecule has 106 valence electrons. The Bertz CT molecular complexity index is 394. The van der Waals surface area contributed by atoms with E-state index >= 15 is 0 Å². The van der Waals surface area contributed by atoms with Gasteiger partial charge in [-0.3, -0.25) is 4.79 Å². The number of carboxylic acids is 1. The number of nitrogens with zero attached hydrogens (tertiary/aromatic N) is 1. The highest BCUT2D eigenvalue weighted by atomic mass is 16.4. The Labute approximate surface area is 113 Å². The summed E-state index contributed by atoms with van der Waals surface area (Å²) in [4.78, 5) is 25.2. The van der Waals surface area contributed by atoms with Crippen molar-refractivity contribution < 1.29 is 14.7 Å². The second kappa shape index (κ2) is 4.69. The number of urea groups is 1. The van der Waals surface area contributed by atoms with Crippen LogP contribution in [-0.2, 0) is 4.79 Å². The number of amides is 2. The van der Waals surface area contributed by atoms with E-state index in [1.165, 1.54) is 12.8 Å². The van der Waals surface area contributed by atoms with Crippen LogP contribution in [0.25, 0.3) is 0 Å². The third-order valence-electron chi connectivity index (χ3n) is 5.09. The molecule has 0 spiro atoms. The van der Waals surface area contributed by atoms with Gasteiger partial charge >= 0.3 is 12.0 Å². The number of carbonyl (C=O) groups excluding carboxylic acids is 1. The molecule has 3 aliphatic rings. The highest BCUT2D eigenvalue weighted by molar-refractivity contribution is 5.79. The second-order valence-corrected chi connectivity index (χ2v) is 6.39. The lowest BCUT2D eigenvalue weighted by molar-refractivity contribution is -0.142. The molecule has 2 heterocycles. The first-order valence-electron chi connectivity index (χ1n) is 7.37. The number of hydrogen-bond donors (Lipinski definition) is 2. The maximum absolute atomic E-state index is 12.2. The summed E-state index contributed by atoms with van der Waals surface area (Å²) < 4.78 is 0. The minimum absolute atomic E-state index is 0.0521. The van der Waals surface area contributed by atoms with Crippen LogP contribution in [0.3, 0.4) is 0 Å². The minimum atomic E-state index is -0.753. The van der Waals surface area contributed by atoms with Crippen molar-refractivity contribution in [2.75, 3.05) is 6.54 Å². The quantitative estimate of drug-likeness (QED) is 0.813. The van der Waals surface area contributed by atoms with Gasteiger partial charge in [-0.25, -0.2) is 4.79 Å². The molecule has 2 N–H and O–H groups in total. The van der Waals surface area contributed by atoms with E-state index in [1.54, 1.807) is 4.90 Å². The summed E-state index contributed by atoms with van der Waals surface area (Å²) in [6.45, 7) is 2.90. The average molecular weight is 266 g/mol. The number of nitrogens with one attached hydrogen (secondary N) is 1. The summed E-state index contributed by atoms with van der Waals surface area (Å²) in [6.07, 6.45) is 5.00. The van der Waals surface area contributed by atoms with Crippen LogP contribution in [-0.4, -0.2) is 40.6 Å². The molecule has 5 heteroatoms. The van der Waals surface area contributed by atoms with Crippen LogP contribution >= 0.6 is 0 Å². The molecule has 3 fully saturated rings. The van der Waals surface area contributed by atoms with Gasteiger partial charge in [-0.2, -0.15) is 0 Å². The standard InChI is InChI=1S/C14H22N2O3/c1-8(9-2-3-9)7-15-14(19)16-10-4-5-12(16)11(6-10)13(17)18/h8-12H,2-7H2,1H3,(H,15,19)(H,17,18). The normalized spacial score (nSPS) is 34.4. The fourth-order valence-corrected chi connectivity index (χ4v) is 3.74. The van der Waals surface area contributed by atoms with Crippen molar-refractivity contribution in [2.45, 2.75) is 51.1 Å². The molecule has 1 saturated carbocycles. The van der Waals surface area contributed by atoms with Gasteiger partial charge < -0.3 is 15.3 Å². The van der Waals surface area contributed by atoms with E-state index in [0.717, 1.165) is 25.3 Å². The van der Waals surface area contributed by atoms with Crippen LogP contribution in [0.15, 0.2) is 0 Å². The average Bonchev–Trinajstić information content (AvgIpc) is 3.08. The Kier molecular flexibility index (Phi) is 3.15. The molecule has 4 unspecified atom stereocenters. The zero-order valence-corrected chi connectivity index (χ0v) is 11.3. The highest BCUT2D eigenvalue weighted by Gasteiger charge is 2.51. The van der Waals surface area contributed by atoms with Crippen LogP contribution in [0.1, 0.15) is 39.0 Å². The molecule has 0 aromatic carbocycles. The minimum Gasteiger partial charge on any atom is -0.481 e. The summed E-state index contributed by atoms with van der Waals surface area (Å²) in [5.41, 5.74) is 0. The van der Waals surface area contributed by atoms with E-state index in [2.05, 4.69) is 12.2 Å². The molecular formula is C14H22N2O3. The lowest BCUT2D eigenvalue weighted by Crippen LogP contribution is -2.45. The van der Waals surface area contributed by atoms with Crippen molar-refractivity contribution in [1.29, 1.82) is 0 Å². The molecule has 3 rings (SSSR count). The smallest absolute Gasteiger partial charge is 0.317 e. The summed E-state index contributed by atoms with van der Waals surface area (Å²) in [6, 6.07) is 0.00446. The second-order valence-electron chi connectivity index (χ2n) is 6.39. The number of hydrogen-bond acceptors (Lipinski definition) is 2. The Morgan fingerprint density at radius 2 is 2.05 bits per heavy atom. The SMILES string of the molecule is CC(CNC(=O)N1C2CCC1C(C(=O)O)C2)C1CC1. The number of aliphatic carboxylic acids is 1. The van der Waals surface area contributed by atoms with Crippen molar-refractivity contribution in [2.24, 2.45) is 17.8 Å². The summed E-state index contributed by atoms with van der Waals surface area (Å²) >= 11 is 0. The first kappa shape index (κ1) is 12.8. The molecule has 4 atom stereocenters. The number of fused-ring (bicyclic) bond motifs is 2. The Hall–Kier alpha value is -1.26. The fraction of sp³-hybridized carbons (Fsp3) is 0.857. The van der Waals surface area contributed by atoms with Crippen molar-refractivity contribution in [3.8, 4) is 0 Å². The molecule has 1 aliphatic carbocycles. The van der Waals surface area contributed by atoms with E-state index in [1.807, 2.05) is 0 Å². The van der Waals surface area contributed by atoms with E-state index < -0.39 is 5.97 Å². The molecule has 0 aromatic rings. The van der Waals surface area contributed by atoms with E-state index in [0.29, 0.717) is 12.3 Å². The van der Waals surface area contributed by atoms with E-state index in [-0.39, 0.29) is 24.0 Å². The van der Waals surface area contributed by atoms with Gasteiger partial charge in [0.15, 0.2) is 0 Å². The first-order valence-corrected chi connectivity index (χ1v) is 7.37. The summed E-state index contributed by atoms with van der Waals surface area (Å²) in [5.74, 6) is 0.212. The largest absolute Gasteiger partial charge is 0.481 e. The molecule has 19 heavy (non-hydrogen) atoms. The van der Waals surface area contributed by atoms with Crippen molar-refractivity contribution in [3.05, 3.63) is 0 Å². The topological polar surface area (TPSA) is 69.6 Å². The summed E-state index contributed by atoms with van der Waals surface area (Å²) in [5, 5.41) is 12.2. The zero-order valence-electron chi connectivity index (χ0n) is 11.3. The maximum Gasteiger partial charge on any atom is 0.317 e. The van der Waals surface area contributed by atoms with Crippen LogP contribution in [0, 0.1) is 17.8 Å². The van der Waals surface area contributed by atoms with Gasteiger partial charge in [0, 0.05) is 18.6 Å². The van der Waals surface area contributed by atoms with Gasteiger partial charge in [-0.15, -0.1) is 0 Å². The number of carboxylic acid groups (broad SMARTS) is 1. The number of carbonyl (C=O) groups is 2. The van der Waals surface area contributed by atoms with Crippen LogP contribution < -0.4 is 5.32 Å². The van der Waals surface area contributed by atoms with Crippen LogP contribution in [0.5, 0.6) is 0 Å². The third-order valence-corrected chi connectivity index (χ3v) is 5.09. The molecule has 0 aromatic heterocycles. The lowest BCUT2D eigenvalue weighted by atomic mass is 9.89. The highest BCUT2D eigenvalue weighted by Crippen LogP contribution is 2.42. The molecule has 0 radical (unpaired) electrons. The molecule has 5 nitrogen and oxygen atoms in total. The van der Waals surface area contributed by atoms with Crippen LogP contribution in [0.4, 0.5) is 4.79 Å². The van der Waals surface area contributed by atoms with E-state index in [9.17, 15) is 14.7 Å². The Morgan fingerprint density at radius 1 is 1.32 bits per heavy atom. The third kappa shape index (κ3) is 2.30. The van der Waals surface area contributed by atoms with Crippen molar-refractivity contribution in [1.82, 2.24) is 10.2 Å². The van der Waals surface area contributed by atoms with E-state index in [4.69, 9.17) is 0 Å². The number of rotatable bonds is 4. The Balaban J connectivity index is 1.56. The fourth-order valence-electron chi connectivity index (χ4n) is 3.74. The molecular weight excluding hydrogens is 244 g/mol. The summed E-state index contributed by atoms with van der Waals surface area (Å²) in [7, 11) is 0. The van der Waals surface area contributed by atoms with Crippen molar-refractivity contribution in [3.63, 3.8) is 0 Å². The van der Waals surface area contributed by atoms with Gasteiger partial charge in [0.25, 0.3) is 0 Å². The predicted octanol–water partition coefficient (Wildman–Crippen LogP) is 1.68. The lowest BCUT2D eigenvalue weighted by Gasteiger charge is -2.24. The first-order chi connectivity index (χ1) is 9.08. The van der Waals surface area contributed by atoms with Gasteiger partial charge in [-0.05, 0) is 43.9 Å². The zero-order chi connectivity index (χ0) is 13.6. The molecule has 2 saturated heterocycles. The maximum atomic E-state index is 12.2. The van der Waals surface area contributed by atoms with Gasteiger partial charge in [-0.1, -0.05) is 6.92 Å². The monoisotopic (exact) mass is 266 g/mol. The van der Waals surface area contributed by atoms with Gasteiger partial charge in [0.05, 0.1) is 5.92 Å².